The Bertz CT molecular complexity index is 975. The van der Waals surface area contributed by atoms with E-state index in [4.69, 9.17) is 9.15 Å². The first-order valence-corrected chi connectivity index (χ1v) is 8.11. The van der Waals surface area contributed by atoms with Crippen LogP contribution in [0.1, 0.15) is 16.1 Å². The Kier molecular flexibility index (Phi) is 3.53. The molecule has 8 heteroatoms. The zero-order valence-electron chi connectivity index (χ0n) is 12.8. The first kappa shape index (κ1) is 14.8. The van der Waals surface area contributed by atoms with E-state index in [1.807, 2.05) is 0 Å². The van der Waals surface area contributed by atoms with Gasteiger partial charge in [-0.2, -0.15) is 8.75 Å². The van der Waals surface area contributed by atoms with Gasteiger partial charge < -0.3 is 14.1 Å². The van der Waals surface area contributed by atoms with E-state index in [1.165, 1.54) is 6.07 Å². The van der Waals surface area contributed by atoms with Crippen molar-refractivity contribution in [2.24, 2.45) is 0 Å². The molecule has 1 fully saturated rings. The number of hydrogen-bond donors (Lipinski definition) is 0. The van der Waals surface area contributed by atoms with Gasteiger partial charge >= 0.3 is 5.63 Å². The van der Waals surface area contributed by atoms with E-state index in [2.05, 4.69) is 8.75 Å². The lowest BCUT2D eigenvalue weighted by atomic mass is 10.1. The quantitative estimate of drug-likeness (QED) is 0.721. The topological polar surface area (TPSA) is 85.5 Å². The average Bonchev–Trinajstić information content (AvgIpc) is 2.96. The number of hydrogen-bond acceptors (Lipinski definition) is 7. The SMILES string of the molecule is Cc1cc(OC2CN(C(=O)c3ccc4nsnc4c3)C2)cc(=O)o1. The fraction of sp³-hybridized carbons (Fsp3) is 0.250. The molecule has 1 saturated heterocycles. The first-order chi connectivity index (χ1) is 11.6. The molecular weight excluding hydrogens is 330 g/mol. The molecule has 0 radical (unpaired) electrons. The van der Waals surface area contributed by atoms with Crippen LogP contribution >= 0.6 is 11.7 Å². The maximum Gasteiger partial charge on any atom is 0.339 e. The van der Waals surface area contributed by atoms with Crippen LogP contribution in [0, 0.1) is 6.92 Å². The highest BCUT2D eigenvalue weighted by Gasteiger charge is 2.33. The smallest absolute Gasteiger partial charge is 0.339 e. The van der Waals surface area contributed by atoms with Gasteiger partial charge in [0.05, 0.1) is 30.9 Å². The molecule has 3 heterocycles. The standard InChI is InChI=1S/C16H13N3O4S/c1-9-4-11(6-15(20)22-9)23-12-7-19(8-12)16(21)10-2-3-13-14(5-10)18-24-17-13/h2-6,12H,7-8H2,1H3. The molecule has 1 aromatic carbocycles. The second-order valence-corrected chi connectivity index (χ2v) is 6.17. The summed E-state index contributed by atoms with van der Waals surface area (Å²) >= 11 is 1.13. The Morgan fingerprint density at radius 3 is 2.83 bits per heavy atom. The molecular formula is C16H13N3O4S. The van der Waals surface area contributed by atoms with Crippen molar-refractivity contribution in [3.05, 3.63) is 52.1 Å². The molecule has 0 saturated carbocycles. The third-order valence-corrected chi connectivity index (χ3v) is 4.36. The van der Waals surface area contributed by atoms with Crippen LogP contribution in [0.3, 0.4) is 0 Å². The third-order valence-electron chi connectivity index (χ3n) is 3.81. The van der Waals surface area contributed by atoms with Gasteiger partial charge in [-0.15, -0.1) is 0 Å². The van der Waals surface area contributed by atoms with Gasteiger partial charge in [-0.3, -0.25) is 4.79 Å². The van der Waals surface area contributed by atoms with E-state index in [1.54, 1.807) is 36.1 Å². The second-order valence-electron chi connectivity index (χ2n) is 5.64. The highest BCUT2D eigenvalue weighted by Crippen LogP contribution is 2.21. The van der Waals surface area contributed by atoms with Gasteiger partial charge in [0.25, 0.3) is 5.91 Å². The Balaban J connectivity index is 1.41. The molecule has 24 heavy (non-hydrogen) atoms. The van der Waals surface area contributed by atoms with Crippen LogP contribution in [0.5, 0.6) is 5.75 Å². The van der Waals surface area contributed by atoms with E-state index >= 15 is 0 Å². The average molecular weight is 343 g/mol. The normalized spacial score (nSPS) is 14.6. The molecule has 0 bridgehead atoms. The fourth-order valence-electron chi connectivity index (χ4n) is 2.61. The number of ether oxygens (including phenoxy) is 1. The fourth-order valence-corrected chi connectivity index (χ4v) is 3.13. The summed E-state index contributed by atoms with van der Waals surface area (Å²) in [5.74, 6) is 0.902. The molecule has 0 unspecified atom stereocenters. The van der Waals surface area contributed by atoms with Crippen LogP contribution in [0.2, 0.25) is 0 Å². The monoisotopic (exact) mass is 343 g/mol. The summed E-state index contributed by atoms with van der Waals surface area (Å²) in [6, 6.07) is 8.27. The summed E-state index contributed by atoms with van der Waals surface area (Å²) in [6.45, 7) is 2.64. The molecule has 122 valence electrons. The van der Waals surface area contributed by atoms with E-state index in [0.29, 0.717) is 30.2 Å². The number of nitrogens with zero attached hydrogens (tertiary/aromatic N) is 3. The van der Waals surface area contributed by atoms with E-state index < -0.39 is 5.63 Å². The van der Waals surface area contributed by atoms with E-state index in [9.17, 15) is 9.59 Å². The van der Waals surface area contributed by atoms with Crippen molar-refractivity contribution in [2.75, 3.05) is 13.1 Å². The predicted molar refractivity (Wildman–Crippen MR) is 87.4 cm³/mol. The number of carbonyl (C=O) groups excluding carboxylic acids is 1. The summed E-state index contributed by atoms with van der Waals surface area (Å²) < 4.78 is 18.9. The van der Waals surface area contributed by atoms with Crippen LogP contribution in [0.15, 0.2) is 39.5 Å². The number of fused-ring (bicyclic) bond motifs is 1. The third kappa shape index (κ3) is 2.76. The van der Waals surface area contributed by atoms with Gasteiger partial charge in [-0.05, 0) is 25.1 Å². The zero-order chi connectivity index (χ0) is 16.7. The highest BCUT2D eigenvalue weighted by atomic mass is 32.1. The molecule has 4 rings (SSSR count). The van der Waals surface area contributed by atoms with Crippen LogP contribution in [0.4, 0.5) is 0 Å². The molecule has 1 aliphatic heterocycles. The van der Waals surface area contributed by atoms with Gasteiger partial charge in [0.15, 0.2) is 0 Å². The van der Waals surface area contributed by atoms with E-state index in [-0.39, 0.29) is 12.0 Å². The highest BCUT2D eigenvalue weighted by molar-refractivity contribution is 7.00. The minimum Gasteiger partial charge on any atom is -0.486 e. The number of benzene rings is 1. The van der Waals surface area contributed by atoms with Gasteiger partial charge in [-0.25, -0.2) is 4.79 Å². The van der Waals surface area contributed by atoms with Crippen molar-refractivity contribution >= 4 is 28.7 Å². The van der Waals surface area contributed by atoms with Crippen molar-refractivity contribution in [1.82, 2.24) is 13.6 Å². The molecule has 0 atom stereocenters. The van der Waals surface area contributed by atoms with Crippen LogP contribution in [-0.4, -0.2) is 38.7 Å². The molecule has 0 N–H and O–H groups in total. The van der Waals surface area contributed by atoms with Crippen molar-refractivity contribution in [1.29, 1.82) is 0 Å². The van der Waals surface area contributed by atoms with Crippen LogP contribution in [0.25, 0.3) is 11.0 Å². The van der Waals surface area contributed by atoms with Gasteiger partial charge in [0.2, 0.25) is 0 Å². The number of carbonyl (C=O) groups is 1. The molecule has 1 aliphatic rings. The summed E-state index contributed by atoms with van der Waals surface area (Å²) in [7, 11) is 0. The maximum atomic E-state index is 12.5. The number of rotatable bonds is 3. The molecule has 2 aromatic heterocycles. The molecule has 0 aliphatic carbocycles. The van der Waals surface area contributed by atoms with Gasteiger partial charge in [0, 0.05) is 11.6 Å². The Morgan fingerprint density at radius 1 is 1.25 bits per heavy atom. The lowest BCUT2D eigenvalue weighted by molar-refractivity contribution is 0.0175. The minimum atomic E-state index is -0.442. The molecule has 0 spiro atoms. The zero-order valence-corrected chi connectivity index (χ0v) is 13.6. The largest absolute Gasteiger partial charge is 0.486 e. The summed E-state index contributed by atoms with van der Waals surface area (Å²) in [5, 5.41) is 0. The number of aryl methyl sites for hydroxylation is 1. The molecule has 3 aromatic rings. The summed E-state index contributed by atoms with van der Waals surface area (Å²) in [5.41, 5.74) is 1.66. The van der Waals surface area contributed by atoms with E-state index in [0.717, 1.165) is 22.8 Å². The first-order valence-electron chi connectivity index (χ1n) is 7.38. The van der Waals surface area contributed by atoms with Gasteiger partial charge in [-0.1, -0.05) is 0 Å². The predicted octanol–water partition coefficient (Wildman–Crippen LogP) is 1.86. The van der Waals surface area contributed by atoms with Crippen LogP contribution in [-0.2, 0) is 0 Å². The Morgan fingerprint density at radius 2 is 2.04 bits per heavy atom. The maximum absolute atomic E-state index is 12.5. The Hall–Kier alpha value is -2.74. The summed E-state index contributed by atoms with van der Waals surface area (Å²) in [4.78, 5) is 25.5. The molecule has 7 nitrogen and oxygen atoms in total. The van der Waals surface area contributed by atoms with Gasteiger partial charge in [0.1, 0.15) is 28.6 Å². The lowest BCUT2D eigenvalue weighted by Gasteiger charge is -2.38. The van der Waals surface area contributed by atoms with Crippen molar-refractivity contribution in [2.45, 2.75) is 13.0 Å². The lowest BCUT2D eigenvalue weighted by Crippen LogP contribution is -2.56. The van der Waals surface area contributed by atoms with Crippen LogP contribution < -0.4 is 10.4 Å². The number of aromatic nitrogens is 2. The minimum absolute atomic E-state index is 0.0616. The van der Waals surface area contributed by atoms with Crippen molar-refractivity contribution in [3.8, 4) is 5.75 Å². The second kappa shape index (κ2) is 5.72. The van der Waals surface area contributed by atoms with Crippen molar-refractivity contribution < 1.29 is 13.9 Å². The summed E-state index contributed by atoms with van der Waals surface area (Å²) in [6.07, 6.45) is -0.125. The molecule has 1 amide bonds. The number of likely N-dealkylation sites (tertiary alicyclic amines) is 1. The van der Waals surface area contributed by atoms with Crippen molar-refractivity contribution in [3.63, 3.8) is 0 Å². The Labute approximate surface area is 140 Å². The number of amides is 1.